The molecule has 0 aliphatic carbocycles. The Bertz CT molecular complexity index is 1900. The van der Waals surface area contributed by atoms with Gasteiger partial charge in [-0.3, -0.25) is 9.59 Å². The smallest absolute Gasteiger partial charge is 0.305 e. The summed E-state index contributed by atoms with van der Waals surface area (Å²) in [5.74, 6) is -0.893. The van der Waals surface area contributed by atoms with E-state index in [9.17, 15) is 9.59 Å². The zero-order valence-corrected chi connectivity index (χ0v) is 32.4. The third-order valence-corrected chi connectivity index (χ3v) is 9.49. The van der Waals surface area contributed by atoms with E-state index in [1.54, 1.807) is 0 Å². The highest BCUT2D eigenvalue weighted by Crippen LogP contribution is 2.33. The standard InChI is InChI=1S/C47H51NO9/c1-34(49)48-42-44(54-31-39-24-14-6-15-25-39)46(55-32-40-26-16-7-17-27-40)47(56-35(2)50)57-45(42)43(53-30-38-22-12-5-13-23-38)41(52-29-37-20-10-4-11-21-37)33-51-28-36-18-8-3-9-19-36/h3-27,41-47H,28-33H2,1-2H3,(H,48,49)/t41-,42-,43-,44-,45-,46+,47+/m1/s1. The van der Waals surface area contributed by atoms with Gasteiger partial charge in [-0.2, -0.15) is 0 Å². The van der Waals surface area contributed by atoms with Crippen molar-refractivity contribution in [3.63, 3.8) is 0 Å². The number of amides is 1. The van der Waals surface area contributed by atoms with E-state index in [4.69, 9.17) is 33.2 Å². The van der Waals surface area contributed by atoms with E-state index in [-0.39, 0.29) is 38.9 Å². The van der Waals surface area contributed by atoms with Crippen molar-refractivity contribution in [1.82, 2.24) is 5.32 Å². The van der Waals surface area contributed by atoms with Crippen LogP contribution in [0.2, 0.25) is 0 Å². The third kappa shape index (κ3) is 12.9. The summed E-state index contributed by atoms with van der Waals surface area (Å²) in [6.45, 7) is 3.96. The van der Waals surface area contributed by atoms with Gasteiger partial charge in [-0.05, 0) is 27.8 Å². The molecule has 1 fully saturated rings. The molecular formula is C47H51NO9. The molecule has 1 aliphatic heterocycles. The molecule has 0 saturated carbocycles. The summed E-state index contributed by atoms with van der Waals surface area (Å²) in [6.07, 6.45) is -5.71. The number of carbonyl (C=O) groups excluding carboxylic acids is 2. The molecule has 0 unspecified atom stereocenters. The number of rotatable bonds is 20. The molecule has 57 heavy (non-hydrogen) atoms. The molecular weight excluding hydrogens is 723 g/mol. The number of benzene rings is 5. The van der Waals surface area contributed by atoms with E-state index >= 15 is 0 Å². The molecule has 0 bridgehead atoms. The maximum Gasteiger partial charge on any atom is 0.305 e. The topological polar surface area (TPSA) is 111 Å². The summed E-state index contributed by atoms with van der Waals surface area (Å²) < 4.78 is 45.9. The molecule has 0 aromatic heterocycles. The first-order valence-corrected chi connectivity index (χ1v) is 19.3. The van der Waals surface area contributed by atoms with Crippen LogP contribution >= 0.6 is 0 Å². The van der Waals surface area contributed by atoms with E-state index in [0.717, 1.165) is 27.8 Å². The molecule has 5 aromatic carbocycles. The lowest BCUT2D eigenvalue weighted by Crippen LogP contribution is -2.69. The monoisotopic (exact) mass is 773 g/mol. The van der Waals surface area contributed by atoms with Crippen molar-refractivity contribution in [2.24, 2.45) is 0 Å². The van der Waals surface area contributed by atoms with Crippen LogP contribution in [-0.2, 0) is 75.8 Å². The molecule has 298 valence electrons. The lowest BCUT2D eigenvalue weighted by Gasteiger charge is -2.48. The number of hydrogen-bond donors (Lipinski definition) is 1. The van der Waals surface area contributed by atoms with Gasteiger partial charge in [0.25, 0.3) is 0 Å². The van der Waals surface area contributed by atoms with Crippen LogP contribution in [0.3, 0.4) is 0 Å². The van der Waals surface area contributed by atoms with Crippen molar-refractivity contribution in [3.8, 4) is 0 Å². The van der Waals surface area contributed by atoms with Gasteiger partial charge in [-0.15, -0.1) is 0 Å². The van der Waals surface area contributed by atoms with Gasteiger partial charge in [0.2, 0.25) is 12.2 Å². The molecule has 7 atom stereocenters. The molecule has 1 amide bonds. The van der Waals surface area contributed by atoms with Gasteiger partial charge in [0.05, 0.1) is 45.7 Å². The molecule has 10 nitrogen and oxygen atoms in total. The molecule has 6 rings (SSSR count). The largest absolute Gasteiger partial charge is 0.433 e. The van der Waals surface area contributed by atoms with Gasteiger partial charge in [0, 0.05) is 13.8 Å². The van der Waals surface area contributed by atoms with Crippen LogP contribution in [0.1, 0.15) is 41.7 Å². The van der Waals surface area contributed by atoms with Gasteiger partial charge in [0.15, 0.2) is 0 Å². The first-order valence-electron chi connectivity index (χ1n) is 19.3. The van der Waals surface area contributed by atoms with E-state index in [0.29, 0.717) is 6.61 Å². The van der Waals surface area contributed by atoms with E-state index in [1.165, 1.54) is 13.8 Å². The average Bonchev–Trinajstić information content (AvgIpc) is 3.23. The summed E-state index contributed by atoms with van der Waals surface area (Å²) in [5.41, 5.74) is 4.66. The lowest BCUT2D eigenvalue weighted by atomic mass is 9.89. The second-order valence-electron chi connectivity index (χ2n) is 13.9. The third-order valence-electron chi connectivity index (χ3n) is 9.49. The molecule has 1 aliphatic rings. The second-order valence-corrected chi connectivity index (χ2v) is 13.9. The number of hydrogen-bond acceptors (Lipinski definition) is 9. The van der Waals surface area contributed by atoms with Crippen LogP contribution in [0.25, 0.3) is 0 Å². The Morgan fingerprint density at radius 3 is 1.44 bits per heavy atom. The molecule has 10 heteroatoms. The Balaban J connectivity index is 1.40. The highest BCUT2D eigenvalue weighted by atomic mass is 16.7. The minimum Gasteiger partial charge on any atom is -0.433 e. The molecule has 5 aromatic rings. The van der Waals surface area contributed by atoms with Gasteiger partial charge < -0.3 is 38.5 Å². The first-order chi connectivity index (χ1) is 27.9. The fraction of sp³-hybridized carbons (Fsp3) is 0.319. The second kappa shape index (κ2) is 21.9. The molecule has 1 N–H and O–H groups in total. The summed E-state index contributed by atoms with van der Waals surface area (Å²) in [6, 6.07) is 47.9. The number of ether oxygens (including phenoxy) is 7. The van der Waals surface area contributed by atoms with Gasteiger partial charge in [-0.1, -0.05) is 152 Å². The summed E-state index contributed by atoms with van der Waals surface area (Å²) >= 11 is 0. The van der Waals surface area contributed by atoms with Crippen molar-refractivity contribution in [2.45, 2.75) is 89.7 Å². The highest BCUT2D eigenvalue weighted by Gasteiger charge is 2.53. The van der Waals surface area contributed by atoms with Crippen LogP contribution in [0.15, 0.2) is 152 Å². The summed E-state index contributed by atoms with van der Waals surface area (Å²) in [4.78, 5) is 26.0. The fourth-order valence-corrected chi connectivity index (χ4v) is 6.77. The SMILES string of the molecule is CC(=O)N[C@@H]1[C@@H](OCc2ccccc2)[C@H](OCc2ccccc2)[C@@H](OC(C)=O)O[C@H]1[C@H](OCc1ccccc1)[C@@H](COCc1ccccc1)OCc1ccccc1. The van der Waals surface area contributed by atoms with E-state index < -0.39 is 48.8 Å². The van der Waals surface area contributed by atoms with Gasteiger partial charge in [0.1, 0.15) is 30.5 Å². The normalized spacial score (nSPS) is 20.3. The maximum atomic E-state index is 13.2. The van der Waals surface area contributed by atoms with Crippen molar-refractivity contribution in [1.29, 1.82) is 0 Å². The van der Waals surface area contributed by atoms with Crippen LogP contribution in [0.4, 0.5) is 0 Å². The van der Waals surface area contributed by atoms with Crippen molar-refractivity contribution in [2.75, 3.05) is 6.61 Å². The molecule has 0 spiro atoms. The van der Waals surface area contributed by atoms with E-state index in [2.05, 4.69) is 5.32 Å². The molecule has 1 saturated heterocycles. The Hall–Kier alpha value is -5.20. The Morgan fingerprint density at radius 2 is 0.982 bits per heavy atom. The first kappa shape index (κ1) is 41.4. The minimum absolute atomic E-state index is 0.107. The zero-order chi connectivity index (χ0) is 39.7. The summed E-state index contributed by atoms with van der Waals surface area (Å²) in [7, 11) is 0. The Morgan fingerprint density at radius 1 is 0.561 bits per heavy atom. The minimum atomic E-state index is -1.25. The van der Waals surface area contributed by atoms with Crippen molar-refractivity contribution in [3.05, 3.63) is 179 Å². The van der Waals surface area contributed by atoms with Crippen molar-refractivity contribution >= 4 is 11.9 Å². The fourth-order valence-electron chi connectivity index (χ4n) is 6.77. The number of esters is 1. The average molecular weight is 774 g/mol. The van der Waals surface area contributed by atoms with Crippen molar-refractivity contribution < 1.29 is 42.7 Å². The molecule has 0 radical (unpaired) electrons. The predicted molar refractivity (Wildman–Crippen MR) is 214 cm³/mol. The number of nitrogens with one attached hydrogen (secondary N) is 1. The Labute approximate surface area is 335 Å². The van der Waals surface area contributed by atoms with Gasteiger partial charge >= 0.3 is 5.97 Å². The van der Waals surface area contributed by atoms with Crippen LogP contribution in [-0.4, -0.2) is 61.3 Å². The zero-order valence-electron chi connectivity index (χ0n) is 32.4. The van der Waals surface area contributed by atoms with Crippen LogP contribution in [0, 0.1) is 0 Å². The number of carbonyl (C=O) groups is 2. The lowest BCUT2D eigenvalue weighted by molar-refractivity contribution is -0.309. The maximum absolute atomic E-state index is 13.2. The molecule has 1 heterocycles. The van der Waals surface area contributed by atoms with Crippen LogP contribution < -0.4 is 5.32 Å². The van der Waals surface area contributed by atoms with Crippen LogP contribution in [0.5, 0.6) is 0 Å². The van der Waals surface area contributed by atoms with E-state index in [1.807, 2.05) is 152 Å². The summed E-state index contributed by atoms with van der Waals surface area (Å²) in [5, 5.41) is 3.12. The highest BCUT2D eigenvalue weighted by molar-refractivity contribution is 5.73. The van der Waals surface area contributed by atoms with Gasteiger partial charge in [-0.25, -0.2) is 0 Å². The predicted octanol–water partition coefficient (Wildman–Crippen LogP) is 7.34. The quantitative estimate of drug-likeness (QED) is 0.0813. The Kier molecular flexibility index (Phi) is 15.9.